The molecular weight excluding hydrogens is 667 g/mol. The van der Waals surface area contributed by atoms with Crippen LogP contribution in [-0.2, 0) is 0 Å². The molecule has 5 nitrogen and oxygen atoms in total. The largest absolute Gasteiger partial charge is 0.508 e. The fraction of sp³-hybridized carbons (Fsp3) is 0.184. The second-order valence-electron chi connectivity index (χ2n) is 13.3. The predicted molar refractivity (Wildman–Crippen MR) is 223 cm³/mol. The molecule has 6 aromatic carbocycles. The van der Waals surface area contributed by atoms with E-state index in [9.17, 15) is 10.2 Å². The summed E-state index contributed by atoms with van der Waals surface area (Å²) in [4.78, 5) is 2.21. The second kappa shape index (κ2) is 18.6. The minimum atomic E-state index is 0.254. The van der Waals surface area contributed by atoms with E-state index in [1.165, 1.54) is 22.3 Å². The molecule has 0 saturated carbocycles. The minimum absolute atomic E-state index is 0.254. The Morgan fingerprint density at radius 3 is 1.06 bits per heavy atom. The summed E-state index contributed by atoms with van der Waals surface area (Å²) in [5.74, 6) is 2.16. The van der Waals surface area contributed by atoms with E-state index in [4.69, 9.17) is 9.47 Å². The smallest absolute Gasteiger partial charge is 0.119 e. The summed E-state index contributed by atoms with van der Waals surface area (Å²) in [6, 6.07) is 52.4. The highest BCUT2D eigenvalue weighted by Crippen LogP contribution is 2.37. The van der Waals surface area contributed by atoms with Crippen molar-refractivity contribution >= 4 is 22.3 Å². The molecule has 0 amide bonds. The van der Waals surface area contributed by atoms with Crippen molar-refractivity contribution in [1.29, 1.82) is 0 Å². The standard InChI is InChI=1S/C49H49NO4/c1-4-46(36-12-8-6-9-13-36)48(38-16-24-42(51)25-17-38)40-20-28-44(29-21-40)53-34-32-50(3)33-35-54-45-30-22-41(23-31-45)49(39-18-26-43(52)27-19-39)47(5-2)37-14-10-7-11-15-37/h6-31,51-52H,4-5,32-35H2,1-3H3/b48-46-,49-47-. The first-order valence-corrected chi connectivity index (χ1v) is 18.7. The molecule has 5 heteroatoms. The second-order valence-corrected chi connectivity index (χ2v) is 13.3. The summed E-state index contributed by atoms with van der Waals surface area (Å²) in [5, 5.41) is 19.9. The number of likely N-dealkylation sites (N-methyl/N-ethyl adjacent to an activating group) is 1. The summed E-state index contributed by atoms with van der Waals surface area (Å²) in [5.41, 5.74) is 11.5. The predicted octanol–water partition coefficient (Wildman–Crippen LogP) is 11.2. The molecular formula is C49H49NO4. The molecule has 274 valence electrons. The number of rotatable bonds is 16. The van der Waals surface area contributed by atoms with E-state index >= 15 is 0 Å². The van der Waals surface area contributed by atoms with E-state index in [0.29, 0.717) is 13.2 Å². The Labute approximate surface area is 320 Å². The monoisotopic (exact) mass is 715 g/mol. The van der Waals surface area contributed by atoms with Crippen LogP contribution in [0.2, 0.25) is 0 Å². The Morgan fingerprint density at radius 1 is 0.426 bits per heavy atom. The average molecular weight is 716 g/mol. The van der Waals surface area contributed by atoms with Crippen LogP contribution in [0.15, 0.2) is 158 Å². The van der Waals surface area contributed by atoms with Crippen molar-refractivity contribution in [2.75, 3.05) is 33.4 Å². The number of hydrogen-bond donors (Lipinski definition) is 2. The Bertz CT molecular complexity index is 1960. The molecule has 6 rings (SSSR count). The maximum Gasteiger partial charge on any atom is 0.119 e. The molecule has 0 bridgehead atoms. The van der Waals surface area contributed by atoms with E-state index in [2.05, 4.69) is 98.6 Å². The van der Waals surface area contributed by atoms with E-state index < -0.39 is 0 Å². The van der Waals surface area contributed by atoms with Crippen molar-refractivity contribution in [3.8, 4) is 23.0 Å². The zero-order valence-corrected chi connectivity index (χ0v) is 31.4. The number of aromatic hydroxyl groups is 2. The van der Waals surface area contributed by atoms with Gasteiger partial charge in [0.15, 0.2) is 0 Å². The first-order chi connectivity index (χ1) is 26.4. The van der Waals surface area contributed by atoms with Crippen molar-refractivity contribution in [2.24, 2.45) is 0 Å². The number of hydrogen-bond acceptors (Lipinski definition) is 5. The molecule has 0 unspecified atom stereocenters. The molecule has 0 spiro atoms. The topological polar surface area (TPSA) is 62.2 Å². The van der Waals surface area contributed by atoms with Crippen molar-refractivity contribution in [1.82, 2.24) is 4.90 Å². The lowest BCUT2D eigenvalue weighted by molar-refractivity contribution is 0.202. The number of phenolic OH excluding ortho intramolecular Hbond substituents is 2. The van der Waals surface area contributed by atoms with Crippen LogP contribution in [0.25, 0.3) is 22.3 Å². The Kier molecular flexibility index (Phi) is 13.0. The molecule has 0 aromatic heterocycles. The highest BCUT2D eigenvalue weighted by atomic mass is 16.5. The van der Waals surface area contributed by atoms with Gasteiger partial charge in [-0.1, -0.05) is 123 Å². The van der Waals surface area contributed by atoms with Gasteiger partial charge in [-0.25, -0.2) is 0 Å². The quantitative estimate of drug-likeness (QED) is 0.0977. The van der Waals surface area contributed by atoms with Crippen molar-refractivity contribution in [2.45, 2.75) is 26.7 Å². The van der Waals surface area contributed by atoms with Gasteiger partial charge in [-0.3, -0.25) is 4.90 Å². The number of phenols is 2. The molecule has 0 aliphatic carbocycles. The van der Waals surface area contributed by atoms with Crippen LogP contribution in [0.3, 0.4) is 0 Å². The SMILES string of the molecule is CC/C(=C(\c1ccc(O)cc1)c1ccc(OCCN(C)CCOc2ccc(/C(=C(/CC)c3ccccc3)c3ccc(O)cc3)cc2)cc1)c1ccccc1. The summed E-state index contributed by atoms with van der Waals surface area (Å²) in [7, 11) is 2.08. The lowest BCUT2D eigenvalue weighted by Gasteiger charge is -2.19. The Balaban J connectivity index is 1.05. The van der Waals surface area contributed by atoms with Gasteiger partial charge in [-0.05, 0) is 124 Å². The summed E-state index contributed by atoms with van der Waals surface area (Å²) in [6.07, 6.45) is 1.74. The van der Waals surface area contributed by atoms with Crippen LogP contribution in [0.4, 0.5) is 0 Å². The molecule has 6 aromatic rings. The van der Waals surface area contributed by atoms with Crippen LogP contribution in [0, 0.1) is 0 Å². The summed E-state index contributed by atoms with van der Waals surface area (Å²) >= 11 is 0. The molecule has 54 heavy (non-hydrogen) atoms. The molecule has 2 N–H and O–H groups in total. The van der Waals surface area contributed by atoms with Gasteiger partial charge in [0, 0.05) is 13.1 Å². The fourth-order valence-electron chi connectivity index (χ4n) is 6.80. The van der Waals surface area contributed by atoms with E-state index in [1.807, 2.05) is 60.7 Å². The third-order valence-corrected chi connectivity index (χ3v) is 9.64. The van der Waals surface area contributed by atoms with Gasteiger partial charge in [0.25, 0.3) is 0 Å². The third-order valence-electron chi connectivity index (χ3n) is 9.64. The molecule has 0 aliphatic heterocycles. The van der Waals surface area contributed by atoms with Crippen LogP contribution in [0.1, 0.15) is 60.1 Å². The highest BCUT2D eigenvalue weighted by molar-refractivity contribution is 5.99. The molecule has 0 radical (unpaired) electrons. The fourth-order valence-corrected chi connectivity index (χ4v) is 6.80. The van der Waals surface area contributed by atoms with Crippen LogP contribution < -0.4 is 9.47 Å². The van der Waals surface area contributed by atoms with Gasteiger partial charge >= 0.3 is 0 Å². The van der Waals surface area contributed by atoms with Gasteiger partial charge in [0.05, 0.1) is 0 Å². The number of ether oxygens (including phenoxy) is 2. The lowest BCUT2D eigenvalue weighted by Crippen LogP contribution is -2.28. The highest BCUT2D eigenvalue weighted by Gasteiger charge is 2.15. The zero-order chi connectivity index (χ0) is 37.7. The van der Waals surface area contributed by atoms with Crippen LogP contribution in [0.5, 0.6) is 23.0 Å². The molecule has 0 aliphatic rings. The first kappa shape index (κ1) is 37.7. The normalized spacial score (nSPS) is 12.2. The maximum atomic E-state index is 9.95. The Morgan fingerprint density at radius 2 is 0.741 bits per heavy atom. The minimum Gasteiger partial charge on any atom is -0.508 e. The third kappa shape index (κ3) is 9.68. The van der Waals surface area contributed by atoms with Crippen LogP contribution >= 0.6 is 0 Å². The van der Waals surface area contributed by atoms with E-state index in [1.54, 1.807) is 24.3 Å². The maximum absolute atomic E-state index is 9.95. The van der Waals surface area contributed by atoms with Gasteiger partial charge in [0.2, 0.25) is 0 Å². The van der Waals surface area contributed by atoms with Gasteiger partial charge in [-0.15, -0.1) is 0 Å². The molecule has 0 fully saturated rings. The zero-order valence-electron chi connectivity index (χ0n) is 31.4. The average Bonchev–Trinajstić information content (AvgIpc) is 3.21. The van der Waals surface area contributed by atoms with Crippen LogP contribution in [-0.4, -0.2) is 48.5 Å². The summed E-state index contributed by atoms with van der Waals surface area (Å²) < 4.78 is 12.3. The van der Waals surface area contributed by atoms with Crippen molar-refractivity contribution in [3.05, 3.63) is 191 Å². The molecule has 0 atom stereocenters. The molecule has 0 heterocycles. The number of allylic oxidation sites excluding steroid dienone is 2. The first-order valence-electron chi connectivity index (χ1n) is 18.7. The van der Waals surface area contributed by atoms with Crippen molar-refractivity contribution < 1.29 is 19.7 Å². The summed E-state index contributed by atoms with van der Waals surface area (Å²) in [6.45, 7) is 7.00. The van der Waals surface area contributed by atoms with E-state index in [0.717, 1.165) is 70.8 Å². The molecule has 0 saturated heterocycles. The lowest BCUT2D eigenvalue weighted by atomic mass is 9.88. The Hall–Kier alpha value is -6.04. The van der Waals surface area contributed by atoms with Gasteiger partial charge < -0.3 is 19.7 Å². The van der Waals surface area contributed by atoms with Gasteiger partial charge in [-0.2, -0.15) is 0 Å². The number of benzene rings is 6. The van der Waals surface area contributed by atoms with Gasteiger partial charge in [0.1, 0.15) is 36.2 Å². The number of nitrogens with zero attached hydrogens (tertiary/aromatic N) is 1. The van der Waals surface area contributed by atoms with E-state index in [-0.39, 0.29) is 11.5 Å². The van der Waals surface area contributed by atoms with Crippen molar-refractivity contribution in [3.63, 3.8) is 0 Å².